The molecular weight excluding hydrogens is 174 g/mol. The molecule has 0 saturated heterocycles. The minimum atomic E-state index is -2.57. The highest BCUT2D eigenvalue weighted by Gasteiger charge is 2.15. The normalized spacial score (nSPS) is 13.6. The fourth-order valence-electron chi connectivity index (χ4n) is 1.26. The van der Waals surface area contributed by atoms with Gasteiger partial charge < -0.3 is 5.11 Å². The lowest BCUT2D eigenvalue weighted by molar-refractivity contribution is -0.0100. The van der Waals surface area contributed by atoms with Crippen molar-refractivity contribution in [2.45, 2.75) is 64.4 Å². The van der Waals surface area contributed by atoms with E-state index in [4.69, 9.17) is 5.11 Å². The van der Waals surface area contributed by atoms with Crippen molar-refractivity contribution in [1.82, 2.24) is 0 Å². The Morgan fingerprint density at radius 3 is 2.08 bits per heavy atom. The van der Waals surface area contributed by atoms with Gasteiger partial charge in [-0.2, -0.15) is 0 Å². The summed E-state index contributed by atoms with van der Waals surface area (Å²) in [7, 11) is 0. The third kappa shape index (κ3) is 8.16. The summed E-state index contributed by atoms with van der Waals surface area (Å²) in [6, 6.07) is 0. The summed E-state index contributed by atoms with van der Waals surface area (Å²) in [5.41, 5.74) is 0. The fourth-order valence-corrected chi connectivity index (χ4v) is 1.26. The van der Waals surface area contributed by atoms with Gasteiger partial charge in [-0.05, 0) is 6.42 Å². The maximum absolute atomic E-state index is 11.8. The highest BCUT2D eigenvalue weighted by Crippen LogP contribution is 2.12. The number of hydrogen-bond acceptors (Lipinski definition) is 1. The van der Waals surface area contributed by atoms with Gasteiger partial charge in [-0.25, -0.2) is 8.78 Å². The zero-order valence-electron chi connectivity index (χ0n) is 8.31. The molecule has 0 fully saturated rings. The standard InChI is InChI=1S/C10H20F2O/c1-2-3-4-5-6-7-8-9(13)10(11)12/h9-10,13H,2-8H2,1H3/t9-/m0/s1. The molecule has 0 unspecified atom stereocenters. The van der Waals surface area contributed by atoms with Gasteiger partial charge in [-0.15, -0.1) is 0 Å². The molecule has 0 aliphatic rings. The van der Waals surface area contributed by atoms with Crippen LogP contribution in [0.1, 0.15) is 51.9 Å². The van der Waals surface area contributed by atoms with Crippen molar-refractivity contribution in [3.63, 3.8) is 0 Å². The molecule has 0 saturated carbocycles. The minimum absolute atomic E-state index is 0.240. The van der Waals surface area contributed by atoms with Gasteiger partial charge in [-0.3, -0.25) is 0 Å². The molecule has 80 valence electrons. The van der Waals surface area contributed by atoms with Gasteiger partial charge in [0.15, 0.2) is 0 Å². The van der Waals surface area contributed by atoms with Crippen LogP contribution < -0.4 is 0 Å². The molecule has 3 heteroatoms. The predicted octanol–water partition coefficient (Wildman–Crippen LogP) is 3.36. The van der Waals surface area contributed by atoms with Crippen molar-refractivity contribution in [3.8, 4) is 0 Å². The van der Waals surface area contributed by atoms with Gasteiger partial charge in [-0.1, -0.05) is 45.4 Å². The topological polar surface area (TPSA) is 20.2 Å². The van der Waals surface area contributed by atoms with E-state index < -0.39 is 12.5 Å². The van der Waals surface area contributed by atoms with Crippen molar-refractivity contribution >= 4 is 0 Å². The minimum Gasteiger partial charge on any atom is -0.387 e. The van der Waals surface area contributed by atoms with E-state index in [1.165, 1.54) is 19.3 Å². The average Bonchev–Trinajstić information content (AvgIpc) is 2.10. The molecule has 0 spiro atoms. The smallest absolute Gasteiger partial charge is 0.264 e. The van der Waals surface area contributed by atoms with Crippen LogP contribution in [0.3, 0.4) is 0 Å². The lowest BCUT2D eigenvalue weighted by atomic mass is 10.1. The zero-order valence-corrected chi connectivity index (χ0v) is 8.31. The van der Waals surface area contributed by atoms with Crippen LogP contribution in [-0.4, -0.2) is 17.6 Å². The van der Waals surface area contributed by atoms with E-state index in [1.807, 2.05) is 0 Å². The second kappa shape index (κ2) is 8.42. The molecule has 0 aliphatic heterocycles. The first-order valence-corrected chi connectivity index (χ1v) is 5.14. The average molecular weight is 194 g/mol. The monoisotopic (exact) mass is 194 g/mol. The number of hydrogen-bond donors (Lipinski definition) is 1. The van der Waals surface area contributed by atoms with E-state index in [2.05, 4.69) is 6.92 Å². The van der Waals surface area contributed by atoms with E-state index >= 15 is 0 Å². The summed E-state index contributed by atoms with van der Waals surface area (Å²) in [4.78, 5) is 0. The molecule has 0 aliphatic carbocycles. The fraction of sp³-hybridized carbons (Fsp3) is 1.00. The SMILES string of the molecule is CCCCCCCC[C@H](O)C(F)F. The van der Waals surface area contributed by atoms with Crippen molar-refractivity contribution < 1.29 is 13.9 Å². The Labute approximate surface area is 79.1 Å². The predicted molar refractivity (Wildman–Crippen MR) is 50.0 cm³/mol. The maximum Gasteiger partial charge on any atom is 0.264 e. The van der Waals surface area contributed by atoms with Crippen LogP contribution in [0.15, 0.2) is 0 Å². The van der Waals surface area contributed by atoms with Gasteiger partial charge in [0.1, 0.15) is 6.10 Å². The Morgan fingerprint density at radius 2 is 1.54 bits per heavy atom. The number of halogens is 2. The second-order valence-electron chi connectivity index (χ2n) is 3.46. The lowest BCUT2D eigenvalue weighted by Crippen LogP contribution is -2.16. The van der Waals surface area contributed by atoms with E-state index in [-0.39, 0.29) is 6.42 Å². The Bertz CT molecular complexity index is 107. The third-order valence-corrected chi connectivity index (χ3v) is 2.14. The molecule has 0 heterocycles. The van der Waals surface area contributed by atoms with E-state index in [0.717, 1.165) is 19.3 Å². The summed E-state index contributed by atoms with van der Waals surface area (Å²) < 4.78 is 23.6. The van der Waals surface area contributed by atoms with Gasteiger partial charge in [0, 0.05) is 0 Å². The molecule has 13 heavy (non-hydrogen) atoms. The van der Waals surface area contributed by atoms with Gasteiger partial charge in [0.05, 0.1) is 0 Å². The highest BCUT2D eigenvalue weighted by molar-refractivity contribution is 4.57. The van der Waals surface area contributed by atoms with Crippen LogP contribution in [0.5, 0.6) is 0 Å². The Morgan fingerprint density at radius 1 is 1.00 bits per heavy atom. The van der Waals surface area contributed by atoms with Crippen LogP contribution in [0.4, 0.5) is 8.78 Å². The number of alkyl halides is 2. The zero-order chi connectivity index (χ0) is 10.1. The van der Waals surface area contributed by atoms with Crippen molar-refractivity contribution in [2.24, 2.45) is 0 Å². The highest BCUT2D eigenvalue weighted by atomic mass is 19.3. The van der Waals surface area contributed by atoms with Gasteiger partial charge in [0.2, 0.25) is 0 Å². The van der Waals surface area contributed by atoms with Crippen LogP contribution >= 0.6 is 0 Å². The van der Waals surface area contributed by atoms with E-state index in [1.54, 1.807) is 0 Å². The first-order valence-electron chi connectivity index (χ1n) is 5.14. The summed E-state index contributed by atoms with van der Waals surface area (Å²) in [6.45, 7) is 2.14. The molecule has 0 radical (unpaired) electrons. The number of aliphatic hydroxyl groups excluding tert-OH is 1. The summed E-state index contributed by atoms with van der Waals surface area (Å²) in [6.07, 6.45) is 2.63. The number of unbranched alkanes of at least 4 members (excludes halogenated alkanes) is 5. The molecule has 0 aromatic carbocycles. The molecule has 1 atom stereocenters. The van der Waals surface area contributed by atoms with Crippen LogP contribution in [0.2, 0.25) is 0 Å². The molecule has 1 N–H and O–H groups in total. The van der Waals surface area contributed by atoms with Crippen molar-refractivity contribution in [3.05, 3.63) is 0 Å². The molecule has 0 aromatic heterocycles. The number of aliphatic hydroxyl groups is 1. The summed E-state index contributed by atoms with van der Waals surface area (Å²) in [5, 5.41) is 8.78. The maximum atomic E-state index is 11.8. The Kier molecular flexibility index (Phi) is 8.30. The first kappa shape index (κ1) is 12.8. The number of rotatable bonds is 8. The summed E-state index contributed by atoms with van der Waals surface area (Å²) in [5.74, 6) is 0. The molecule has 0 aromatic rings. The van der Waals surface area contributed by atoms with E-state index in [0.29, 0.717) is 0 Å². The first-order chi connectivity index (χ1) is 6.18. The van der Waals surface area contributed by atoms with E-state index in [9.17, 15) is 8.78 Å². The molecule has 1 nitrogen and oxygen atoms in total. The molecular formula is C10H20F2O. The van der Waals surface area contributed by atoms with Crippen LogP contribution in [-0.2, 0) is 0 Å². The Hall–Kier alpha value is -0.180. The Balaban J connectivity index is 3.07. The van der Waals surface area contributed by atoms with Crippen molar-refractivity contribution in [1.29, 1.82) is 0 Å². The third-order valence-electron chi connectivity index (χ3n) is 2.14. The van der Waals surface area contributed by atoms with Crippen LogP contribution in [0.25, 0.3) is 0 Å². The summed E-state index contributed by atoms with van der Waals surface area (Å²) >= 11 is 0. The van der Waals surface area contributed by atoms with Gasteiger partial charge >= 0.3 is 0 Å². The largest absolute Gasteiger partial charge is 0.387 e. The van der Waals surface area contributed by atoms with Gasteiger partial charge in [0.25, 0.3) is 6.43 Å². The van der Waals surface area contributed by atoms with Crippen molar-refractivity contribution in [2.75, 3.05) is 0 Å². The molecule has 0 rings (SSSR count). The molecule has 0 amide bonds. The van der Waals surface area contributed by atoms with Crippen LogP contribution in [0, 0.1) is 0 Å². The molecule has 0 bridgehead atoms. The quantitative estimate of drug-likeness (QED) is 0.587. The second-order valence-corrected chi connectivity index (χ2v) is 3.46. The lowest BCUT2D eigenvalue weighted by Gasteiger charge is -2.08.